The second kappa shape index (κ2) is 7.19. The molecule has 2 aromatic rings. The molecule has 0 radical (unpaired) electrons. The summed E-state index contributed by atoms with van der Waals surface area (Å²) >= 11 is 0. The van der Waals surface area contributed by atoms with Crippen LogP contribution < -0.4 is 10.2 Å². The van der Waals surface area contributed by atoms with Crippen molar-refractivity contribution in [1.29, 1.82) is 0 Å². The average molecular weight is 315 g/mol. The van der Waals surface area contributed by atoms with Crippen LogP contribution in [0.25, 0.3) is 0 Å². The number of anilines is 1. The van der Waals surface area contributed by atoms with Gasteiger partial charge < -0.3 is 15.0 Å². The fourth-order valence-corrected chi connectivity index (χ4v) is 2.44. The molecule has 5 nitrogen and oxygen atoms in total. The van der Waals surface area contributed by atoms with Gasteiger partial charge in [0.25, 0.3) is 5.91 Å². The Morgan fingerprint density at radius 2 is 1.96 bits per heavy atom. The third kappa shape index (κ3) is 4.04. The summed E-state index contributed by atoms with van der Waals surface area (Å²) in [5, 5.41) is 2.80. The second-order valence-electron chi connectivity index (χ2n) is 5.31. The van der Waals surface area contributed by atoms with Gasteiger partial charge in [0.05, 0.1) is 13.2 Å². The van der Waals surface area contributed by atoms with Gasteiger partial charge in [0.15, 0.2) is 0 Å². The molecule has 6 heteroatoms. The number of carbonyl (C=O) groups is 1. The number of morpholine rings is 1. The first-order valence-electron chi connectivity index (χ1n) is 7.54. The molecular formula is C17H18FN3O2. The molecule has 0 atom stereocenters. The molecule has 0 spiro atoms. The van der Waals surface area contributed by atoms with E-state index in [4.69, 9.17) is 4.74 Å². The van der Waals surface area contributed by atoms with Crippen molar-refractivity contribution in [2.45, 2.75) is 6.54 Å². The van der Waals surface area contributed by atoms with E-state index < -0.39 is 0 Å². The predicted octanol–water partition coefficient (Wildman–Crippen LogP) is 1.99. The summed E-state index contributed by atoms with van der Waals surface area (Å²) in [6.07, 6.45) is 1.64. The van der Waals surface area contributed by atoms with Crippen LogP contribution in [0.5, 0.6) is 0 Å². The minimum Gasteiger partial charge on any atom is -0.378 e. The van der Waals surface area contributed by atoms with Crippen molar-refractivity contribution < 1.29 is 13.9 Å². The quantitative estimate of drug-likeness (QED) is 0.937. The fraction of sp³-hybridized carbons (Fsp3) is 0.294. The molecule has 0 aliphatic carbocycles. The van der Waals surface area contributed by atoms with Gasteiger partial charge in [0.2, 0.25) is 0 Å². The van der Waals surface area contributed by atoms with Crippen molar-refractivity contribution in [1.82, 2.24) is 10.3 Å². The Labute approximate surface area is 134 Å². The van der Waals surface area contributed by atoms with E-state index in [1.807, 2.05) is 6.07 Å². The Morgan fingerprint density at radius 3 is 2.70 bits per heavy atom. The number of ether oxygens (including phenoxy) is 1. The van der Waals surface area contributed by atoms with Crippen molar-refractivity contribution >= 4 is 11.6 Å². The molecule has 3 rings (SSSR count). The number of benzene rings is 1. The maximum Gasteiger partial charge on any atom is 0.270 e. The van der Waals surface area contributed by atoms with Crippen LogP contribution in [0, 0.1) is 5.82 Å². The Kier molecular flexibility index (Phi) is 4.83. The van der Waals surface area contributed by atoms with E-state index in [1.54, 1.807) is 24.4 Å². The maximum atomic E-state index is 12.9. The van der Waals surface area contributed by atoms with E-state index in [2.05, 4.69) is 15.2 Å². The summed E-state index contributed by atoms with van der Waals surface area (Å²) in [4.78, 5) is 18.5. The molecule has 1 aromatic heterocycles. The summed E-state index contributed by atoms with van der Waals surface area (Å²) in [6, 6.07) is 9.71. The van der Waals surface area contributed by atoms with E-state index in [1.165, 1.54) is 12.1 Å². The molecular weight excluding hydrogens is 297 g/mol. The zero-order valence-electron chi connectivity index (χ0n) is 12.7. The number of rotatable bonds is 4. The summed E-state index contributed by atoms with van der Waals surface area (Å²) < 4.78 is 18.2. The zero-order chi connectivity index (χ0) is 16.1. The summed E-state index contributed by atoms with van der Waals surface area (Å²) in [5.41, 5.74) is 2.18. The van der Waals surface area contributed by atoms with E-state index in [9.17, 15) is 9.18 Å². The van der Waals surface area contributed by atoms with Gasteiger partial charge in [-0.05, 0) is 29.8 Å². The van der Waals surface area contributed by atoms with Crippen LogP contribution in [0.2, 0.25) is 0 Å². The van der Waals surface area contributed by atoms with E-state index in [0.29, 0.717) is 25.5 Å². The Balaban J connectivity index is 1.63. The van der Waals surface area contributed by atoms with Crippen LogP contribution in [-0.4, -0.2) is 37.2 Å². The number of carbonyl (C=O) groups excluding carboxylic acids is 1. The molecule has 1 aliphatic heterocycles. The van der Waals surface area contributed by atoms with Crippen LogP contribution in [0.4, 0.5) is 10.1 Å². The second-order valence-corrected chi connectivity index (χ2v) is 5.31. The van der Waals surface area contributed by atoms with Crippen molar-refractivity contribution in [3.05, 3.63) is 59.7 Å². The number of hydrogen-bond acceptors (Lipinski definition) is 4. The number of nitrogens with zero attached hydrogens (tertiary/aromatic N) is 2. The van der Waals surface area contributed by atoms with Gasteiger partial charge in [0, 0.05) is 31.5 Å². The third-order valence-electron chi connectivity index (χ3n) is 3.72. The van der Waals surface area contributed by atoms with Crippen LogP contribution in [0.15, 0.2) is 42.6 Å². The summed E-state index contributed by atoms with van der Waals surface area (Å²) in [5.74, 6) is -0.538. The lowest BCUT2D eigenvalue weighted by atomic mass is 10.2. The van der Waals surface area contributed by atoms with Crippen LogP contribution >= 0.6 is 0 Å². The first-order chi connectivity index (χ1) is 11.2. The molecule has 1 aromatic carbocycles. The smallest absolute Gasteiger partial charge is 0.270 e. The van der Waals surface area contributed by atoms with Gasteiger partial charge in [-0.25, -0.2) is 4.39 Å². The molecule has 1 aliphatic rings. The van der Waals surface area contributed by atoms with Gasteiger partial charge in [-0.3, -0.25) is 9.78 Å². The van der Waals surface area contributed by atoms with Gasteiger partial charge in [-0.2, -0.15) is 0 Å². The van der Waals surface area contributed by atoms with Crippen LogP contribution in [0.3, 0.4) is 0 Å². The standard InChI is InChI=1S/C17H18FN3O2/c18-14-3-1-13(2-4-14)12-20-17(22)16-11-15(5-6-19-16)21-7-9-23-10-8-21/h1-6,11H,7-10,12H2,(H,20,22). The highest BCUT2D eigenvalue weighted by Crippen LogP contribution is 2.16. The Bertz CT molecular complexity index is 670. The number of nitrogens with one attached hydrogen (secondary N) is 1. The number of hydrogen-bond donors (Lipinski definition) is 1. The highest BCUT2D eigenvalue weighted by Gasteiger charge is 2.14. The molecule has 1 N–H and O–H groups in total. The number of halogens is 1. The minimum absolute atomic E-state index is 0.246. The lowest BCUT2D eigenvalue weighted by Crippen LogP contribution is -2.36. The van der Waals surface area contributed by atoms with Crippen molar-refractivity contribution in [2.24, 2.45) is 0 Å². The Morgan fingerprint density at radius 1 is 1.22 bits per heavy atom. The molecule has 1 saturated heterocycles. The topological polar surface area (TPSA) is 54.5 Å². The molecule has 0 bridgehead atoms. The molecule has 0 saturated carbocycles. The molecule has 1 amide bonds. The van der Waals surface area contributed by atoms with E-state index in [0.717, 1.165) is 24.3 Å². The third-order valence-corrected chi connectivity index (χ3v) is 3.72. The lowest BCUT2D eigenvalue weighted by Gasteiger charge is -2.28. The first-order valence-corrected chi connectivity index (χ1v) is 7.54. The molecule has 0 unspecified atom stereocenters. The van der Waals surface area contributed by atoms with Crippen LogP contribution in [0.1, 0.15) is 16.1 Å². The minimum atomic E-state index is -0.292. The van der Waals surface area contributed by atoms with E-state index >= 15 is 0 Å². The van der Waals surface area contributed by atoms with Crippen molar-refractivity contribution in [3.8, 4) is 0 Å². The lowest BCUT2D eigenvalue weighted by molar-refractivity contribution is 0.0946. The van der Waals surface area contributed by atoms with Crippen molar-refractivity contribution in [3.63, 3.8) is 0 Å². The van der Waals surface area contributed by atoms with Gasteiger partial charge in [-0.1, -0.05) is 12.1 Å². The van der Waals surface area contributed by atoms with Crippen LogP contribution in [-0.2, 0) is 11.3 Å². The SMILES string of the molecule is O=C(NCc1ccc(F)cc1)c1cc(N2CCOCC2)ccn1. The molecule has 120 valence electrons. The highest BCUT2D eigenvalue weighted by molar-refractivity contribution is 5.93. The molecule has 23 heavy (non-hydrogen) atoms. The predicted molar refractivity (Wildman–Crippen MR) is 84.8 cm³/mol. The number of aromatic nitrogens is 1. The van der Waals surface area contributed by atoms with Gasteiger partial charge in [0.1, 0.15) is 11.5 Å². The van der Waals surface area contributed by atoms with Gasteiger partial charge in [-0.15, -0.1) is 0 Å². The molecule has 1 fully saturated rings. The zero-order valence-corrected chi connectivity index (χ0v) is 12.7. The monoisotopic (exact) mass is 315 g/mol. The Hall–Kier alpha value is -2.47. The van der Waals surface area contributed by atoms with Gasteiger partial charge >= 0.3 is 0 Å². The molecule has 2 heterocycles. The number of amides is 1. The summed E-state index contributed by atoms with van der Waals surface area (Å²) in [6.45, 7) is 3.33. The van der Waals surface area contributed by atoms with Crippen molar-refractivity contribution in [2.75, 3.05) is 31.2 Å². The average Bonchev–Trinajstić information content (AvgIpc) is 2.62. The normalized spacial score (nSPS) is 14.6. The highest BCUT2D eigenvalue weighted by atomic mass is 19.1. The number of pyridine rings is 1. The van der Waals surface area contributed by atoms with E-state index in [-0.39, 0.29) is 11.7 Å². The first kappa shape index (κ1) is 15.4. The maximum absolute atomic E-state index is 12.9. The largest absolute Gasteiger partial charge is 0.378 e. The summed E-state index contributed by atoms with van der Waals surface area (Å²) in [7, 11) is 0. The fourth-order valence-electron chi connectivity index (χ4n) is 2.44.